The molecule has 0 saturated carbocycles. The van der Waals surface area contributed by atoms with Gasteiger partial charge in [-0.05, 0) is 33.2 Å². The molecule has 6 heteroatoms. The van der Waals surface area contributed by atoms with E-state index in [0.29, 0.717) is 13.2 Å². The first-order chi connectivity index (χ1) is 17.9. The fourth-order valence-electron chi connectivity index (χ4n) is 4.87. The van der Waals surface area contributed by atoms with Crippen LogP contribution in [0.15, 0.2) is 121 Å². The van der Waals surface area contributed by atoms with Crippen LogP contribution in [0.2, 0.25) is 0 Å². The van der Waals surface area contributed by atoms with E-state index in [0.717, 1.165) is 33.2 Å². The monoisotopic (exact) mass is 472 g/mol. The lowest BCUT2D eigenvalue weighted by molar-refractivity contribution is 0.241. The van der Waals surface area contributed by atoms with Crippen molar-refractivity contribution >= 4 is 25.2 Å². The summed E-state index contributed by atoms with van der Waals surface area (Å²) in [6, 6.07) is 41.0. The largest absolute Gasteiger partial charge is 0.494 e. The van der Waals surface area contributed by atoms with Crippen molar-refractivity contribution in [2.45, 2.75) is 12.2 Å². The maximum absolute atomic E-state index is 6.55. The van der Waals surface area contributed by atoms with Crippen LogP contribution >= 0.6 is 0 Å². The Morgan fingerprint density at radius 3 is 1.17 bits per heavy atom. The zero-order chi connectivity index (χ0) is 24.2. The second-order valence-corrected chi connectivity index (χ2v) is 8.96. The van der Waals surface area contributed by atoms with Crippen LogP contribution < -0.4 is 0 Å². The van der Waals surface area contributed by atoms with Crippen LogP contribution in [-0.4, -0.2) is 27.5 Å². The lowest BCUT2D eigenvalue weighted by Crippen LogP contribution is -2.26. The normalized spacial score (nSPS) is 20.4. The van der Waals surface area contributed by atoms with Crippen LogP contribution in [0.5, 0.6) is 0 Å². The molecule has 2 atom stereocenters. The van der Waals surface area contributed by atoms with Crippen LogP contribution in [0.1, 0.15) is 34.5 Å². The molecule has 0 spiro atoms. The molecule has 4 nitrogen and oxygen atoms in total. The topological polar surface area (TPSA) is 36.9 Å². The maximum atomic E-state index is 6.55. The molecule has 4 aromatic rings. The highest BCUT2D eigenvalue weighted by Gasteiger charge is 2.44. The minimum atomic E-state index is -0.559. The van der Waals surface area contributed by atoms with E-state index in [-0.39, 0.29) is 12.2 Å². The van der Waals surface area contributed by atoms with E-state index < -0.39 is 14.2 Å². The highest BCUT2D eigenvalue weighted by Crippen LogP contribution is 2.39. The smallest absolute Gasteiger partial charge is 0.404 e. The van der Waals surface area contributed by atoms with Gasteiger partial charge in [0, 0.05) is 0 Å². The van der Waals surface area contributed by atoms with Crippen molar-refractivity contribution in [2.24, 2.45) is 0 Å². The Morgan fingerprint density at radius 2 is 0.806 bits per heavy atom. The molecule has 0 aliphatic carbocycles. The second-order valence-electron chi connectivity index (χ2n) is 8.96. The van der Waals surface area contributed by atoms with Gasteiger partial charge in [0.15, 0.2) is 0 Å². The van der Waals surface area contributed by atoms with Gasteiger partial charge in [-0.3, -0.25) is 0 Å². The molecule has 4 aromatic carbocycles. The first-order valence-electron chi connectivity index (χ1n) is 12.4. The number of hydrogen-bond acceptors (Lipinski definition) is 4. The van der Waals surface area contributed by atoms with E-state index in [1.165, 1.54) is 0 Å². The van der Waals surface area contributed by atoms with Crippen molar-refractivity contribution in [1.82, 2.24) is 0 Å². The van der Waals surface area contributed by atoms with Crippen molar-refractivity contribution in [3.8, 4) is 0 Å². The van der Waals surface area contributed by atoms with Gasteiger partial charge in [-0.15, -0.1) is 0 Å². The summed E-state index contributed by atoms with van der Waals surface area (Å²) in [5, 5.41) is 0. The Morgan fingerprint density at radius 1 is 0.472 bits per heavy atom. The first kappa shape index (κ1) is 23.0. The van der Waals surface area contributed by atoms with E-state index in [2.05, 4.69) is 48.5 Å². The Labute approximate surface area is 212 Å². The van der Waals surface area contributed by atoms with Crippen molar-refractivity contribution in [2.75, 3.05) is 13.2 Å². The number of rotatable bonds is 6. The van der Waals surface area contributed by atoms with Crippen molar-refractivity contribution in [3.63, 3.8) is 0 Å². The summed E-state index contributed by atoms with van der Waals surface area (Å²) in [6.45, 7) is 0.957. The average molecular weight is 472 g/mol. The summed E-state index contributed by atoms with van der Waals surface area (Å²) in [6.07, 6.45) is -0.288. The molecule has 0 aromatic heterocycles. The van der Waals surface area contributed by atoms with Crippen LogP contribution in [0.4, 0.5) is 0 Å². The Balaban J connectivity index is 1.43. The van der Waals surface area contributed by atoms with Crippen molar-refractivity contribution in [3.05, 3.63) is 144 Å². The van der Waals surface area contributed by atoms with E-state index in [4.69, 9.17) is 18.6 Å². The molecule has 2 saturated heterocycles. The average Bonchev–Trinajstić information content (AvgIpc) is 3.64. The van der Waals surface area contributed by atoms with Crippen molar-refractivity contribution < 1.29 is 18.6 Å². The molecule has 0 radical (unpaired) electrons. The van der Waals surface area contributed by atoms with Crippen LogP contribution in [0, 0.1) is 0 Å². The standard InChI is InChI=1S/C30H26B2O4/c1-5-13-23(14-6-1)27-21-33-31(35-27)29(25-17-9-3-10-18-25)30(26-19-11-4-12-20-26)32-34-22-28(36-32)24-15-7-2-8-16-24/h1-20,27-28H,21-22H2/b30-29-. The molecule has 6 rings (SSSR count). The van der Waals surface area contributed by atoms with Gasteiger partial charge in [-0.2, -0.15) is 0 Å². The predicted molar refractivity (Wildman–Crippen MR) is 144 cm³/mol. The SMILES string of the molecule is c1ccc(/C(B2OCC(c3ccccc3)O2)=C(/B2OCC(c3ccccc3)O2)c2ccccc2)cc1. The summed E-state index contributed by atoms with van der Waals surface area (Å²) in [4.78, 5) is 0. The van der Waals surface area contributed by atoms with Gasteiger partial charge < -0.3 is 18.6 Å². The molecular formula is C30H26B2O4. The molecule has 0 N–H and O–H groups in total. The molecule has 36 heavy (non-hydrogen) atoms. The summed E-state index contributed by atoms with van der Waals surface area (Å²) in [5.74, 6) is 0. The summed E-state index contributed by atoms with van der Waals surface area (Å²) >= 11 is 0. The van der Waals surface area contributed by atoms with Crippen molar-refractivity contribution in [1.29, 1.82) is 0 Å². The van der Waals surface area contributed by atoms with Crippen LogP contribution in [0.25, 0.3) is 10.9 Å². The minimum Gasteiger partial charge on any atom is -0.404 e. The quantitative estimate of drug-likeness (QED) is 0.247. The second kappa shape index (κ2) is 10.7. The molecule has 176 valence electrons. The van der Waals surface area contributed by atoms with Gasteiger partial charge >= 0.3 is 14.2 Å². The third-order valence-electron chi connectivity index (χ3n) is 6.65. The highest BCUT2D eigenvalue weighted by atomic mass is 16.6. The lowest BCUT2D eigenvalue weighted by atomic mass is 9.60. The van der Waals surface area contributed by atoms with E-state index in [9.17, 15) is 0 Å². The molecule has 0 amide bonds. The number of hydrogen-bond donors (Lipinski definition) is 0. The Hall–Kier alpha value is -3.41. The number of benzene rings is 4. The molecule has 2 aliphatic rings. The molecular weight excluding hydrogens is 446 g/mol. The van der Waals surface area contributed by atoms with E-state index in [1.54, 1.807) is 0 Å². The van der Waals surface area contributed by atoms with Gasteiger partial charge in [0.05, 0.1) is 25.4 Å². The van der Waals surface area contributed by atoms with Crippen LogP contribution in [0.3, 0.4) is 0 Å². The maximum Gasteiger partial charge on any atom is 0.494 e. The first-order valence-corrected chi connectivity index (χ1v) is 12.4. The predicted octanol–water partition coefficient (Wildman–Crippen LogP) is 6.23. The lowest BCUT2D eigenvalue weighted by Gasteiger charge is -2.20. The summed E-state index contributed by atoms with van der Waals surface area (Å²) in [7, 11) is -1.12. The van der Waals surface area contributed by atoms with Gasteiger partial charge in [-0.25, -0.2) is 0 Å². The van der Waals surface area contributed by atoms with E-state index in [1.807, 2.05) is 72.8 Å². The van der Waals surface area contributed by atoms with Gasteiger partial charge in [-0.1, -0.05) is 121 Å². The van der Waals surface area contributed by atoms with E-state index >= 15 is 0 Å². The fraction of sp³-hybridized carbons (Fsp3) is 0.133. The third kappa shape index (κ3) is 4.81. The highest BCUT2D eigenvalue weighted by molar-refractivity contribution is 6.82. The van der Waals surface area contributed by atoms with Gasteiger partial charge in [0.1, 0.15) is 0 Å². The zero-order valence-electron chi connectivity index (χ0n) is 19.9. The van der Waals surface area contributed by atoms with Gasteiger partial charge in [0.25, 0.3) is 0 Å². The minimum absolute atomic E-state index is 0.144. The molecule has 0 bridgehead atoms. The van der Waals surface area contributed by atoms with Crippen LogP contribution in [-0.2, 0) is 18.6 Å². The molecule has 2 fully saturated rings. The Kier molecular flexibility index (Phi) is 6.83. The third-order valence-corrected chi connectivity index (χ3v) is 6.65. The molecule has 2 unspecified atom stereocenters. The molecule has 2 heterocycles. The molecule has 2 aliphatic heterocycles. The summed E-state index contributed by atoms with van der Waals surface area (Å²) < 4.78 is 25.7. The van der Waals surface area contributed by atoms with Gasteiger partial charge in [0.2, 0.25) is 0 Å². The summed E-state index contributed by atoms with van der Waals surface area (Å²) in [5.41, 5.74) is 6.10. The fourth-order valence-corrected chi connectivity index (χ4v) is 4.87. The zero-order valence-corrected chi connectivity index (χ0v) is 19.9. The Bertz CT molecular complexity index is 1200.